The minimum atomic E-state index is -0.220. The SMILES string of the molecule is NC(=O)C1CNc2ccccc2C1. The van der Waals surface area contributed by atoms with Crippen molar-refractivity contribution >= 4 is 11.6 Å². The number of anilines is 1. The van der Waals surface area contributed by atoms with Crippen LogP contribution in [0, 0.1) is 5.92 Å². The van der Waals surface area contributed by atoms with Crippen molar-refractivity contribution in [1.82, 2.24) is 0 Å². The van der Waals surface area contributed by atoms with Gasteiger partial charge in [-0.25, -0.2) is 0 Å². The Labute approximate surface area is 76.9 Å². The van der Waals surface area contributed by atoms with Crippen molar-refractivity contribution in [3.63, 3.8) is 0 Å². The normalized spacial score (nSPS) is 20.2. The summed E-state index contributed by atoms with van der Waals surface area (Å²) in [6, 6.07) is 8.00. The molecule has 1 aromatic rings. The van der Waals surface area contributed by atoms with Gasteiger partial charge in [0.05, 0.1) is 5.92 Å². The van der Waals surface area contributed by atoms with Crippen LogP contribution in [-0.4, -0.2) is 12.5 Å². The average Bonchev–Trinajstić information content (AvgIpc) is 2.17. The van der Waals surface area contributed by atoms with Crippen molar-refractivity contribution in [3.8, 4) is 0 Å². The Bertz CT molecular complexity index is 335. The van der Waals surface area contributed by atoms with Crippen LogP contribution in [0.3, 0.4) is 0 Å². The zero-order valence-corrected chi connectivity index (χ0v) is 7.29. The highest BCUT2D eigenvalue weighted by Crippen LogP contribution is 2.23. The van der Waals surface area contributed by atoms with E-state index < -0.39 is 0 Å². The number of carbonyl (C=O) groups is 1. The molecule has 0 spiro atoms. The number of nitrogens with two attached hydrogens (primary N) is 1. The van der Waals surface area contributed by atoms with E-state index in [9.17, 15) is 4.79 Å². The van der Waals surface area contributed by atoms with Crippen LogP contribution in [0.25, 0.3) is 0 Å². The molecule has 68 valence electrons. The summed E-state index contributed by atoms with van der Waals surface area (Å²) in [4.78, 5) is 10.9. The average molecular weight is 176 g/mol. The van der Waals surface area contributed by atoms with Gasteiger partial charge in [0.2, 0.25) is 5.91 Å². The predicted molar refractivity (Wildman–Crippen MR) is 51.3 cm³/mol. The molecule has 0 radical (unpaired) electrons. The quantitative estimate of drug-likeness (QED) is 0.663. The molecule has 13 heavy (non-hydrogen) atoms. The molecule has 0 aromatic heterocycles. The first-order valence-electron chi connectivity index (χ1n) is 4.38. The number of para-hydroxylation sites is 1. The van der Waals surface area contributed by atoms with Crippen molar-refractivity contribution in [2.24, 2.45) is 11.7 Å². The summed E-state index contributed by atoms with van der Waals surface area (Å²) in [5.41, 5.74) is 7.55. The van der Waals surface area contributed by atoms with Crippen LogP contribution < -0.4 is 11.1 Å². The number of carbonyl (C=O) groups excluding carboxylic acids is 1. The summed E-state index contributed by atoms with van der Waals surface area (Å²) < 4.78 is 0. The van der Waals surface area contributed by atoms with Crippen LogP contribution in [0.4, 0.5) is 5.69 Å². The van der Waals surface area contributed by atoms with E-state index in [1.807, 2.05) is 24.3 Å². The molecule has 1 aliphatic rings. The first kappa shape index (κ1) is 8.10. The Kier molecular flexibility index (Phi) is 1.93. The maximum Gasteiger partial charge on any atom is 0.222 e. The topological polar surface area (TPSA) is 55.1 Å². The van der Waals surface area contributed by atoms with Gasteiger partial charge in [-0.05, 0) is 18.1 Å². The number of primary amides is 1. The van der Waals surface area contributed by atoms with Crippen molar-refractivity contribution in [1.29, 1.82) is 0 Å². The molecular weight excluding hydrogens is 164 g/mol. The molecule has 1 aliphatic heterocycles. The van der Waals surface area contributed by atoms with Gasteiger partial charge in [0, 0.05) is 12.2 Å². The molecule has 3 nitrogen and oxygen atoms in total. The van der Waals surface area contributed by atoms with E-state index in [2.05, 4.69) is 5.32 Å². The Morgan fingerprint density at radius 1 is 1.46 bits per heavy atom. The van der Waals surface area contributed by atoms with Crippen LogP contribution in [0.1, 0.15) is 5.56 Å². The largest absolute Gasteiger partial charge is 0.384 e. The smallest absolute Gasteiger partial charge is 0.222 e. The highest BCUT2D eigenvalue weighted by atomic mass is 16.1. The molecule has 0 fully saturated rings. The molecule has 0 bridgehead atoms. The molecule has 0 saturated carbocycles. The van der Waals surface area contributed by atoms with Crippen LogP contribution in [0.5, 0.6) is 0 Å². The fourth-order valence-electron chi connectivity index (χ4n) is 1.64. The van der Waals surface area contributed by atoms with Gasteiger partial charge in [-0.1, -0.05) is 18.2 Å². The Balaban J connectivity index is 2.24. The Morgan fingerprint density at radius 2 is 2.23 bits per heavy atom. The van der Waals surface area contributed by atoms with Crippen molar-refractivity contribution in [2.75, 3.05) is 11.9 Å². The number of rotatable bonds is 1. The molecule has 0 saturated heterocycles. The van der Waals surface area contributed by atoms with Crippen LogP contribution in [0.2, 0.25) is 0 Å². The zero-order chi connectivity index (χ0) is 9.26. The molecule has 3 N–H and O–H groups in total. The van der Waals surface area contributed by atoms with Crippen LogP contribution in [-0.2, 0) is 11.2 Å². The highest BCUT2D eigenvalue weighted by Gasteiger charge is 2.21. The summed E-state index contributed by atoms with van der Waals surface area (Å²) in [5, 5.41) is 3.19. The minimum absolute atomic E-state index is 0.0603. The predicted octanol–water partition coefficient (Wildman–Crippen LogP) is 0.756. The Hall–Kier alpha value is -1.51. The van der Waals surface area contributed by atoms with Gasteiger partial charge in [-0.15, -0.1) is 0 Å². The van der Waals surface area contributed by atoms with Crippen molar-refractivity contribution < 1.29 is 4.79 Å². The first-order chi connectivity index (χ1) is 6.27. The summed E-state index contributed by atoms with van der Waals surface area (Å²) in [6.07, 6.45) is 0.762. The maximum atomic E-state index is 10.9. The lowest BCUT2D eigenvalue weighted by atomic mass is 9.94. The number of hydrogen-bond acceptors (Lipinski definition) is 2. The molecule has 1 amide bonds. The van der Waals surface area contributed by atoms with Gasteiger partial charge in [-0.3, -0.25) is 4.79 Å². The van der Waals surface area contributed by atoms with Gasteiger partial charge < -0.3 is 11.1 Å². The van der Waals surface area contributed by atoms with Gasteiger partial charge in [0.25, 0.3) is 0 Å². The zero-order valence-electron chi connectivity index (χ0n) is 7.29. The van der Waals surface area contributed by atoms with Crippen LogP contribution in [0.15, 0.2) is 24.3 Å². The van der Waals surface area contributed by atoms with Gasteiger partial charge in [0.15, 0.2) is 0 Å². The van der Waals surface area contributed by atoms with Gasteiger partial charge in [0.1, 0.15) is 0 Å². The second-order valence-corrected chi connectivity index (χ2v) is 3.34. The number of benzene rings is 1. The van der Waals surface area contributed by atoms with E-state index >= 15 is 0 Å². The maximum absolute atomic E-state index is 10.9. The third kappa shape index (κ3) is 1.49. The second kappa shape index (κ2) is 3.09. The first-order valence-corrected chi connectivity index (χ1v) is 4.38. The van der Waals surface area contributed by atoms with E-state index in [0.29, 0.717) is 6.54 Å². The lowest BCUT2D eigenvalue weighted by molar-refractivity contribution is -0.121. The second-order valence-electron chi connectivity index (χ2n) is 3.34. The van der Waals surface area contributed by atoms with Gasteiger partial charge >= 0.3 is 0 Å². The molecule has 1 unspecified atom stereocenters. The fourth-order valence-corrected chi connectivity index (χ4v) is 1.64. The molecule has 2 rings (SSSR count). The summed E-state index contributed by atoms with van der Waals surface area (Å²) in [7, 11) is 0. The van der Waals surface area contributed by atoms with E-state index in [4.69, 9.17) is 5.73 Å². The summed E-state index contributed by atoms with van der Waals surface area (Å²) in [5.74, 6) is -0.281. The lowest BCUT2D eigenvalue weighted by Gasteiger charge is -2.23. The number of fused-ring (bicyclic) bond motifs is 1. The van der Waals surface area contributed by atoms with Crippen molar-refractivity contribution in [3.05, 3.63) is 29.8 Å². The monoisotopic (exact) mass is 176 g/mol. The van der Waals surface area contributed by atoms with Crippen LogP contribution >= 0.6 is 0 Å². The van der Waals surface area contributed by atoms with E-state index in [0.717, 1.165) is 12.1 Å². The third-order valence-electron chi connectivity index (χ3n) is 2.42. The fraction of sp³-hybridized carbons (Fsp3) is 0.300. The number of hydrogen-bond donors (Lipinski definition) is 2. The van der Waals surface area contributed by atoms with Crippen molar-refractivity contribution in [2.45, 2.75) is 6.42 Å². The minimum Gasteiger partial charge on any atom is -0.384 e. The van der Waals surface area contributed by atoms with E-state index in [-0.39, 0.29) is 11.8 Å². The molecule has 3 heteroatoms. The Morgan fingerprint density at radius 3 is 3.00 bits per heavy atom. The van der Waals surface area contributed by atoms with E-state index in [1.165, 1.54) is 5.56 Å². The standard InChI is InChI=1S/C10H12N2O/c11-10(13)8-5-7-3-1-2-4-9(7)12-6-8/h1-4,8,12H,5-6H2,(H2,11,13). The number of nitrogens with one attached hydrogen (secondary N) is 1. The highest BCUT2D eigenvalue weighted by molar-refractivity contribution is 5.79. The molecule has 1 heterocycles. The summed E-state index contributed by atoms with van der Waals surface area (Å²) in [6.45, 7) is 0.659. The number of amides is 1. The molecule has 1 atom stereocenters. The van der Waals surface area contributed by atoms with Gasteiger partial charge in [-0.2, -0.15) is 0 Å². The molecular formula is C10H12N2O. The summed E-state index contributed by atoms with van der Waals surface area (Å²) >= 11 is 0. The third-order valence-corrected chi connectivity index (χ3v) is 2.42. The molecule has 1 aromatic carbocycles. The lowest BCUT2D eigenvalue weighted by Crippen LogP contribution is -2.34. The van der Waals surface area contributed by atoms with E-state index in [1.54, 1.807) is 0 Å². The molecule has 0 aliphatic carbocycles.